The van der Waals surface area contributed by atoms with Gasteiger partial charge >= 0.3 is 0 Å². The molecule has 1 atom stereocenters. The predicted molar refractivity (Wildman–Crippen MR) is 67.2 cm³/mol. The molecule has 1 unspecified atom stereocenters. The van der Waals surface area contributed by atoms with Crippen LogP contribution >= 0.6 is 0 Å². The molecule has 6 heteroatoms. The summed E-state index contributed by atoms with van der Waals surface area (Å²) in [6.45, 7) is 1.63. The van der Waals surface area contributed by atoms with Crippen LogP contribution in [0.4, 0.5) is 15.8 Å². The fourth-order valence-corrected chi connectivity index (χ4v) is 2.19. The Hall–Kier alpha value is -1.69. The third kappa shape index (κ3) is 3.16. The van der Waals surface area contributed by atoms with Crippen LogP contribution in [0.3, 0.4) is 0 Å². The second kappa shape index (κ2) is 5.77. The van der Waals surface area contributed by atoms with Crippen LogP contribution < -0.4 is 10.6 Å². The Kier molecular flexibility index (Phi) is 4.09. The lowest BCUT2D eigenvalue weighted by atomic mass is 10.1. The molecular formula is C12H16FN3O2. The van der Waals surface area contributed by atoms with Gasteiger partial charge in [0.1, 0.15) is 11.5 Å². The Morgan fingerprint density at radius 2 is 2.39 bits per heavy atom. The molecule has 1 heterocycles. The number of hydrogen-bond acceptors (Lipinski definition) is 4. The maximum Gasteiger partial charge on any atom is 0.292 e. The second-order valence-corrected chi connectivity index (χ2v) is 4.43. The van der Waals surface area contributed by atoms with Crippen LogP contribution in [0.2, 0.25) is 0 Å². The zero-order valence-electron chi connectivity index (χ0n) is 9.99. The molecule has 1 aromatic carbocycles. The first-order valence-electron chi connectivity index (χ1n) is 6.08. The first-order chi connectivity index (χ1) is 8.66. The molecular weight excluding hydrogens is 237 g/mol. The SMILES string of the molecule is O=[N+]([O-])c1ccc(F)cc1NCCC1CCCN1. The van der Waals surface area contributed by atoms with E-state index in [1.54, 1.807) is 0 Å². The Morgan fingerprint density at radius 3 is 3.06 bits per heavy atom. The highest BCUT2D eigenvalue weighted by atomic mass is 19.1. The van der Waals surface area contributed by atoms with Gasteiger partial charge in [0.05, 0.1) is 4.92 Å². The molecule has 0 bridgehead atoms. The number of anilines is 1. The van der Waals surface area contributed by atoms with E-state index in [0.29, 0.717) is 12.6 Å². The van der Waals surface area contributed by atoms with Crippen molar-refractivity contribution in [2.24, 2.45) is 0 Å². The Morgan fingerprint density at radius 1 is 1.56 bits per heavy atom. The molecule has 18 heavy (non-hydrogen) atoms. The largest absolute Gasteiger partial charge is 0.379 e. The van der Waals surface area contributed by atoms with Crippen LogP contribution in [-0.2, 0) is 0 Å². The monoisotopic (exact) mass is 253 g/mol. The van der Waals surface area contributed by atoms with E-state index in [0.717, 1.165) is 25.5 Å². The summed E-state index contributed by atoms with van der Waals surface area (Å²) in [5.41, 5.74) is 0.161. The molecule has 0 aromatic heterocycles. The summed E-state index contributed by atoms with van der Waals surface area (Å²) < 4.78 is 13.1. The highest BCUT2D eigenvalue weighted by Crippen LogP contribution is 2.25. The molecule has 1 saturated heterocycles. The van der Waals surface area contributed by atoms with E-state index >= 15 is 0 Å². The summed E-state index contributed by atoms with van der Waals surface area (Å²) in [7, 11) is 0. The van der Waals surface area contributed by atoms with Crippen molar-refractivity contribution in [3.05, 3.63) is 34.1 Å². The third-order valence-corrected chi connectivity index (χ3v) is 3.13. The van der Waals surface area contributed by atoms with E-state index in [1.807, 2.05) is 0 Å². The Labute approximate surface area is 105 Å². The van der Waals surface area contributed by atoms with Gasteiger partial charge in [-0.15, -0.1) is 0 Å². The van der Waals surface area contributed by atoms with Gasteiger partial charge in [-0.25, -0.2) is 4.39 Å². The van der Waals surface area contributed by atoms with Crippen molar-refractivity contribution in [3.63, 3.8) is 0 Å². The predicted octanol–water partition coefficient (Wildman–Crippen LogP) is 2.29. The minimum atomic E-state index is -0.504. The quantitative estimate of drug-likeness (QED) is 0.624. The van der Waals surface area contributed by atoms with Gasteiger partial charge in [-0.05, 0) is 31.9 Å². The van der Waals surface area contributed by atoms with Crippen LogP contribution in [0, 0.1) is 15.9 Å². The smallest absolute Gasteiger partial charge is 0.292 e. The number of nitro groups is 1. The van der Waals surface area contributed by atoms with Crippen LogP contribution in [0.25, 0.3) is 0 Å². The standard InChI is InChI=1S/C12H16FN3O2/c13-9-3-4-12(16(17)18)11(8-9)15-7-5-10-2-1-6-14-10/h3-4,8,10,14-15H,1-2,5-7H2. The zero-order valence-corrected chi connectivity index (χ0v) is 9.99. The van der Waals surface area contributed by atoms with Crippen molar-refractivity contribution < 1.29 is 9.31 Å². The van der Waals surface area contributed by atoms with Crippen LogP contribution in [0.5, 0.6) is 0 Å². The molecule has 98 valence electrons. The van der Waals surface area contributed by atoms with Gasteiger partial charge in [0, 0.05) is 24.7 Å². The van der Waals surface area contributed by atoms with E-state index in [2.05, 4.69) is 10.6 Å². The van der Waals surface area contributed by atoms with Gasteiger partial charge < -0.3 is 10.6 Å². The molecule has 0 amide bonds. The van der Waals surface area contributed by atoms with Gasteiger partial charge in [0.15, 0.2) is 0 Å². The average molecular weight is 253 g/mol. The van der Waals surface area contributed by atoms with Gasteiger partial charge in [-0.2, -0.15) is 0 Å². The van der Waals surface area contributed by atoms with E-state index in [1.165, 1.54) is 18.6 Å². The maximum absolute atomic E-state index is 13.1. The molecule has 1 fully saturated rings. The minimum Gasteiger partial charge on any atom is -0.379 e. The van der Waals surface area contributed by atoms with Crippen LogP contribution in [-0.4, -0.2) is 24.1 Å². The lowest BCUT2D eigenvalue weighted by molar-refractivity contribution is -0.384. The molecule has 2 rings (SSSR count). The first-order valence-corrected chi connectivity index (χ1v) is 6.08. The number of hydrogen-bond donors (Lipinski definition) is 2. The molecule has 5 nitrogen and oxygen atoms in total. The lowest BCUT2D eigenvalue weighted by Crippen LogP contribution is -2.24. The van der Waals surface area contributed by atoms with E-state index in [-0.39, 0.29) is 11.4 Å². The number of nitrogens with zero attached hydrogens (tertiary/aromatic N) is 1. The number of nitro benzene ring substituents is 1. The highest BCUT2D eigenvalue weighted by molar-refractivity contribution is 5.61. The number of rotatable bonds is 5. The molecule has 0 aliphatic carbocycles. The number of benzene rings is 1. The van der Waals surface area contributed by atoms with Gasteiger partial charge in [0.2, 0.25) is 0 Å². The van der Waals surface area contributed by atoms with Crippen molar-refractivity contribution in [2.45, 2.75) is 25.3 Å². The fourth-order valence-electron chi connectivity index (χ4n) is 2.19. The lowest BCUT2D eigenvalue weighted by Gasteiger charge is -2.11. The highest BCUT2D eigenvalue weighted by Gasteiger charge is 2.16. The molecule has 2 N–H and O–H groups in total. The Bertz CT molecular complexity index is 433. The number of nitrogens with one attached hydrogen (secondary N) is 2. The van der Waals surface area contributed by atoms with Crippen LogP contribution in [0.15, 0.2) is 18.2 Å². The fraction of sp³-hybridized carbons (Fsp3) is 0.500. The van der Waals surface area contributed by atoms with E-state index < -0.39 is 10.7 Å². The third-order valence-electron chi connectivity index (χ3n) is 3.13. The molecule has 1 aromatic rings. The summed E-state index contributed by atoms with van der Waals surface area (Å²) >= 11 is 0. The van der Waals surface area contributed by atoms with Gasteiger partial charge in [-0.1, -0.05) is 0 Å². The normalized spacial score (nSPS) is 18.8. The van der Waals surface area contributed by atoms with Gasteiger partial charge in [0.25, 0.3) is 5.69 Å². The zero-order chi connectivity index (χ0) is 13.0. The summed E-state index contributed by atoms with van der Waals surface area (Å²) in [6.07, 6.45) is 3.19. The summed E-state index contributed by atoms with van der Waals surface area (Å²) in [6, 6.07) is 3.91. The van der Waals surface area contributed by atoms with Crippen molar-refractivity contribution in [2.75, 3.05) is 18.4 Å². The van der Waals surface area contributed by atoms with Crippen LogP contribution in [0.1, 0.15) is 19.3 Å². The topological polar surface area (TPSA) is 67.2 Å². The summed E-state index contributed by atoms with van der Waals surface area (Å²) in [4.78, 5) is 10.3. The summed E-state index contributed by atoms with van der Waals surface area (Å²) in [5, 5.41) is 17.1. The molecule has 0 saturated carbocycles. The first kappa shape index (κ1) is 12.8. The van der Waals surface area contributed by atoms with Crippen molar-refractivity contribution in [1.82, 2.24) is 5.32 Å². The van der Waals surface area contributed by atoms with E-state index in [4.69, 9.17) is 0 Å². The minimum absolute atomic E-state index is 0.0872. The second-order valence-electron chi connectivity index (χ2n) is 4.43. The van der Waals surface area contributed by atoms with E-state index in [9.17, 15) is 14.5 Å². The molecule has 0 spiro atoms. The Balaban J connectivity index is 1.94. The average Bonchev–Trinajstić information content (AvgIpc) is 2.82. The van der Waals surface area contributed by atoms with Crippen molar-refractivity contribution in [1.29, 1.82) is 0 Å². The van der Waals surface area contributed by atoms with Gasteiger partial charge in [-0.3, -0.25) is 10.1 Å². The summed E-state index contributed by atoms with van der Waals surface area (Å²) in [5.74, 6) is -0.470. The molecule has 1 aliphatic rings. The number of halogens is 1. The maximum atomic E-state index is 13.1. The van der Waals surface area contributed by atoms with Crippen molar-refractivity contribution >= 4 is 11.4 Å². The van der Waals surface area contributed by atoms with Crippen molar-refractivity contribution in [3.8, 4) is 0 Å². The molecule has 0 radical (unpaired) electrons. The molecule has 1 aliphatic heterocycles.